The van der Waals surface area contributed by atoms with Gasteiger partial charge in [0.15, 0.2) is 0 Å². The molecule has 0 radical (unpaired) electrons. The first kappa shape index (κ1) is 23.9. The first-order chi connectivity index (χ1) is 14.6. The Kier molecular flexibility index (Phi) is 5.95. The van der Waals surface area contributed by atoms with E-state index in [1.807, 2.05) is 0 Å². The van der Waals surface area contributed by atoms with Crippen molar-refractivity contribution in [3.63, 3.8) is 0 Å². The van der Waals surface area contributed by atoms with Gasteiger partial charge in [-0.1, -0.05) is 0 Å². The van der Waals surface area contributed by atoms with Crippen LogP contribution >= 0.6 is 0 Å². The molecule has 3 aromatic carbocycles. The summed E-state index contributed by atoms with van der Waals surface area (Å²) < 4.78 is 101. The molecule has 3 N–H and O–H groups in total. The van der Waals surface area contributed by atoms with Crippen molar-refractivity contribution in [1.29, 1.82) is 0 Å². The number of nitrogens with zero attached hydrogens (tertiary/aromatic N) is 2. The van der Waals surface area contributed by atoms with Crippen molar-refractivity contribution in [3.05, 3.63) is 42.5 Å². The van der Waals surface area contributed by atoms with E-state index in [1.54, 1.807) is 0 Å². The van der Waals surface area contributed by atoms with Gasteiger partial charge in [-0.3, -0.25) is 0 Å². The third kappa shape index (κ3) is 4.68. The van der Waals surface area contributed by atoms with Crippen LogP contribution in [0.1, 0.15) is 0 Å². The average molecular weight is 545 g/mol. The predicted octanol–water partition coefficient (Wildman–Crippen LogP) is -0.596. The summed E-state index contributed by atoms with van der Waals surface area (Å²) in [5.74, 6) is -2.08. The van der Waals surface area contributed by atoms with E-state index in [1.165, 1.54) is 12.1 Å². The molecule has 1 atom stereocenters. The Morgan fingerprint density at radius 1 is 0.906 bits per heavy atom. The molecular weight excluding hydrogens is 535 g/mol. The minimum atomic E-state index is -5.74. The van der Waals surface area contributed by atoms with Gasteiger partial charge >= 0.3 is 183 Å². The monoisotopic (exact) mass is 545 g/mol. The van der Waals surface area contributed by atoms with Crippen molar-refractivity contribution in [3.8, 4) is 11.5 Å². The molecule has 3 aromatic rings. The number of hydrogen-bond donors (Lipinski definition) is 3. The number of benzene rings is 3. The first-order valence-electron chi connectivity index (χ1n) is 8.10. The van der Waals surface area contributed by atoms with Gasteiger partial charge in [-0.15, -0.1) is 0 Å². The van der Waals surface area contributed by atoms with Crippen LogP contribution in [0, 0.1) is 0 Å². The van der Waals surface area contributed by atoms with Gasteiger partial charge in [0.2, 0.25) is 0 Å². The van der Waals surface area contributed by atoms with Gasteiger partial charge in [-0.05, 0) is 0 Å². The molecule has 0 amide bonds. The summed E-state index contributed by atoms with van der Waals surface area (Å²) in [5, 5.41) is 26.4. The van der Waals surface area contributed by atoms with Crippen LogP contribution in [0.4, 0.5) is 11.4 Å². The molecule has 0 aliphatic carbocycles. The van der Waals surface area contributed by atoms with Gasteiger partial charge in [0.25, 0.3) is 0 Å². The topological polar surface area (TPSA) is 240 Å². The van der Waals surface area contributed by atoms with Crippen LogP contribution in [0.25, 0.3) is 10.8 Å². The molecule has 0 aliphatic heterocycles. The molecule has 16 heteroatoms. The van der Waals surface area contributed by atoms with Crippen LogP contribution < -0.4 is 8.45 Å². The van der Waals surface area contributed by atoms with Gasteiger partial charge in [0, 0.05) is 0 Å². The molecule has 0 saturated heterocycles. The van der Waals surface area contributed by atoms with E-state index in [9.17, 15) is 48.1 Å². The fraction of sp³-hybridized carbons (Fsp3) is 0. The first-order valence-corrected chi connectivity index (χ1v) is 14.2. The van der Waals surface area contributed by atoms with Gasteiger partial charge in [0.05, 0.1) is 0 Å². The van der Waals surface area contributed by atoms with Crippen LogP contribution in [0.15, 0.2) is 62.5 Å². The molecular formula is C16H10AsN2O11S2-3. The summed E-state index contributed by atoms with van der Waals surface area (Å²) in [7, 11) is -10.5. The maximum absolute atomic E-state index is 11.7. The molecule has 0 fully saturated rings. The molecule has 0 saturated carbocycles. The maximum atomic E-state index is 11.7. The van der Waals surface area contributed by atoms with E-state index in [0.717, 1.165) is 12.1 Å². The van der Waals surface area contributed by atoms with E-state index < -0.39 is 82.2 Å². The number of azo groups is 1. The minimum absolute atomic E-state index is 0.446. The third-order valence-corrected chi connectivity index (χ3v) is 7.84. The Bertz CT molecular complexity index is 1540. The van der Waals surface area contributed by atoms with Crippen molar-refractivity contribution in [2.45, 2.75) is 9.79 Å². The van der Waals surface area contributed by atoms with Crippen molar-refractivity contribution in [2.24, 2.45) is 10.2 Å². The quantitative estimate of drug-likeness (QED) is 0.208. The Labute approximate surface area is 182 Å². The van der Waals surface area contributed by atoms with Crippen molar-refractivity contribution < 1.29 is 48.1 Å². The van der Waals surface area contributed by atoms with Crippen LogP contribution in [0.5, 0.6) is 11.5 Å². The Morgan fingerprint density at radius 2 is 1.53 bits per heavy atom. The average Bonchev–Trinajstić information content (AvgIpc) is 2.64. The third-order valence-electron chi connectivity index (χ3n) is 4.10. The van der Waals surface area contributed by atoms with E-state index in [0.29, 0.717) is 18.2 Å². The molecule has 13 nitrogen and oxygen atoms in total. The summed E-state index contributed by atoms with van der Waals surface area (Å²) in [4.78, 5) is -2.17. The molecule has 3 rings (SSSR count). The summed E-state index contributed by atoms with van der Waals surface area (Å²) >= 11 is -5.74. The second-order valence-corrected chi connectivity index (χ2v) is 12.2. The summed E-state index contributed by atoms with van der Waals surface area (Å²) in [6.07, 6.45) is 0. The Balaban J connectivity index is 2.35. The van der Waals surface area contributed by atoms with E-state index in [2.05, 4.69) is 10.2 Å². The van der Waals surface area contributed by atoms with E-state index in [-0.39, 0.29) is 0 Å². The van der Waals surface area contributed by atoms with Crippen molar-refractivity contribution in [1.82, 2.24) is 0 Å². The predicted molar refractivity (Wildman–Crippen MR) is 102 cm³/mol. The van der Waals surface area contributed by atoms with Crippen LogP contribution in [0.2, 0.25) is 0 Å². The number of rotatable bonds is 5. The Morgan fingerprint density at radius 3 is 2.09 bits per heavy atom. The normalized spacial score (nSPS) is 14.6. The van der Waals surface area contributed by atoms with Gasteiger partial charge in [-0.25, -0.2) is 0 Å². The van der Waals surface area contributed by atoms with Crippen LogP contribution in [-0.2, 0) is 24.0 Å². The van der Waals surface area contributed by atoms with E-state index in [4.69, 9.17) is 0 Å². The summed E-state index contributed by atoms with van der Waals surface area (Å²) in [5.41, 5.74) is -1.44. The summed E-state index contributed by atoms with van der Waals surface area (Å²) in [6.45, 7) is 0. The number of hydrogen-bond acceptors (Lipinski definition) is 12. The van der Waals surface area contributed by atoms with Gasteiger partial charge in [-0.2, -0.15) is 0 Å². The summed E-state index contributed by atoms with van der Waals surface area (Å²) in [6, 6.07) is 6.33. The zero-order valence-electron chi connectivity index (χ0n) is 15.3. The molecule has 1 unspecified atom stereocenters. The van der Waals surface area contributed by atoms with Crippen molar-refractivity contribution in [2.75, 3.05) is 0 Å². The number of fused-ring (bicyclic) bond motifs is 1. The fourth-order valence-corrected chi connectivity index (χ4v) is 5.37. The van der Waals surface area contributed by atoms with E-state index >= 15 is 0 Å². The molecule has 0 aliphatic rings. The zero-order chi connectivity index (χ0) is 24.1. The zero-order valence-corrected chi connectivity index (χ0v) is 18.8. The molecule has 170 valence electrons. The van der Waals surface area contributed by atoms with Crippen LogP contribution in [-0.4, -0.2) is 54.4 Å². The Hall–Kier alpha value is -2.78. The SMILES string of the molecule is O=S(=O)([O-])c1cc(O)c2c(O)c(N=Nc3ccccc3[As](=O)([O-])O)c(S(=O)(=O)[O-])cc2c1. The number of phenols is 2. The van der Waals surface area contributed by atoms with Crippen molar-refractivity contribution >= 4 is 60.9 Å². The standard InChI is InChI=1S/C16H13AsN2O11S2/c20-12-7-9(31(25,26)27)5-8-6-13(32(28,29)30)15(16(21)14(8)12)19-18-11-4-2-1-3-10(11)17(22,23)24/h1-7,20-21H,(H2,22,23,24)(H,25,26,27)(H,28,29,30)/p-3. The van der Waals surface area contributed by atoms with Crippen LogP contribution in [0.3, 0.4) is 0 Å². The fourth-order valence-electron chi connectivity index (χ4n) is 2.76. The van der Waals surface area contributed by atoms with Gasteiger partial charge < -0.3 is 0 Å². The second kappa shape index (κ2) is 7.97. The van der Waals surface area contributed by atoms with Gasteiger partial charge in [0.1, 0.15) is 0 Å². The molecule has 0 bridgehead atoms. The number of aromatic hydroxyl groups is 2. The number of phenolic OH excluding ortho intramolecular Hbond substituents is 2. The molecule has 0 heterocycles. The molecule has 0 aromatic heterocycles. The second-order valence-electron chi connectivity index (χ2n) is 6.23. The molecule has 32 heavy (non-hydrogen) atoms. The molecule has 0 spiro atoms.